The summed E-state index contributed by atoms with van der Waals surface area (Å²) < 4.78 is 0. The van der Waals surface area contributed by atoms with Crippen molar-refractivity contribution in [3.05, 3.63) is 95.6 Å². The normalized spacial score (nSPS) is 11.8. The minimum absolute atomic E-state index is 0.0110. The zero-order valence-electron chi connectivity index (χ0n) is 14.8. The fourth-order valence-electron chi connectivity index (χ4n) is 2.68. The Morgan fingerprint density at radius 3 is 2.33 bits per heavy atom. The highest BCUT2D eigenvalue weighted by atomic mass is 32.2. The van der Waals surface area contributed by atoms with Crippen LogP contribution in [0.4, 0.5) is 0 Å². The Balaban J connectivity index is 1.74. The SMILES string of the molecule is NC(=NN=Cc1ccccc1-c1ccccc1CO)SCc1ccccc1. The van der Waals surface area contributed by atoms with Crippen molar-refractivity contribution in [1.82, 2.24) is 0 Å². The molecule has 0 amide bonds. The van der Waals surface area contributed by atoms with Gasteiger partial charge in [0.15, 0.2) is 5.17 Å². The van der Waals surface area contributed by atoms with E-state index < -0.39 is 0 Å². The molecule has 0 radical (unpaired) electrons. The zero-order chi connectivity index (χ0) is 18.9. The molecule has 136 valence electrons. The molecule has 0 saturated carbocycles. The molecule has 4 nitrogen and oxygen atoms in total. The van der Waals surface area contributed by atoms with E-state index in [4.69, 9.17) is 5.73 Å². The first-order chi connectivity index (χ1) is 13.3. The minimum atomic E-state index is -0.0110. The smallest absolute Gasteiger partial charge is 0.180 e. The Morgan fingerprint density at radius 2 is 1.56 bits per heavy atom. The number of thioether (sulfide) groups is 1. The molecular weight excluding hydrogens is 354 g/mol. The maximum Gasteiger partial charge on any atom is 0.180 e. The van der Waals surface area contributed by atoms with Crippen LogP contribution in [0.2, 0.25) is 0 Å². The second-order valence-electron chi connectivity index (χ2n) is 5.86. The van der Waals surface area contributed by atoms with Crippen LogP contribution in [0.3, 0.4) is 0 Å². The average molecular weight is 375 g/mol. The highest BCUT2D eigenvalue weighted by Gasteiger charge is 2.07. The molecule has 0 fully saturated rings. The Bertz CT molecular complexity index is 939. The number of benzene rings is 3. The highest BCUT2D eigenvalue weighted by molar-refractivity contribution is 8.13. The van der Waals surface area contributed by atoms with E-state index in [1.165, 1.54) is 17.3 Å². The third-order valence-electron chi connectivity index (χ3n) is 4.02. The lowest BCUT2D eigenvalue weighted by Crippen LogP contribution is -2.06. The molecule has 0 saturated heterocycles. The van der Waals surface area contributed by atoms with Gasteiger partial charge < -0.3 is 10.8 Å². The van der Waals surface area contributed by atoms with Gasteiger partial charge >= 0.3 is 0 Å². The number of nitrogens with two attached hydrogens (primary N) is 1. The van der Waals surface area contributed by atoms with Crippen LogP contribution in [0.5, 0.6) is 0 Å². The van der Waals surface area contributed by atoms with Gasteiger partial charge in [-0.2, -0.15) is 5.10 Å². The lowest BCUT2D eigenvalue weighted by atomic mass is 9.96. The van der Waals surface area contributed by atoms with Gasteiger partial charge in [0.2, 0.25) is 0 Å². The van der Waals surface area contributed by atoms with Crippen LogP contribution in [0.25, 0.3) is 11.1 Å². The fourth-order valence-corrected chi connectivity index (χ4v) is 3.30. The van der Waals surface area contributed by atoms with Gasteiger partial charge in [0.25, 0.3) is 0 Å². The lowest BCUT2D eigenvalue weighted by Gasteiger charge is -2.09. The summed E-state index contributed by atoms with van der Waals surface area (Å²) in [4.78, 5) is 0. The van der Waals surface area contributed by atoms with Gasteiger partial charge in [0, 0.05) is 11.3 Å². The van der Waals surface area contributed by atoms with E-state index in [1.807, 2.05) is 66.7 Å². The summed E-state index contributed by atoms with van der Waals surface area (Å²) in [5.74, 6) is 0.756. The largest absolute Gasteiger partial charge is 0.392 e. The molecule has 0 aromatic heterocycles. The Labute approximate surface area is 163 Å². The van der Waals surface area contributed by atoms with Gasteiger partial charge in [0.1, 0.15) is 0 Å². The van der Waals surface area contributed by atoms with Crippen molar-refractivity contribution in [2.75, 3.05) is 0 Å². The van der Waals surface area contributed by atoms with Crippen LogP contribution in [-0.4, -0.2) is 16.5 Å². The van der Waals surface area contributed by atoms with Gasteiger partial charge in [-0.1, -0.05) is 90.6 Å². The third kappa shape index (κ3) is 5.29. The molecule has 0 bridgehead atoms. The van der Waals surface area contributed by atoms with E-state index in [0.717, 1.165) is 28.0 Å². The highest BCUT2D eigenvalue weighted by Crippen LogP contribution is 2.26. The second-order valence-corrected chi connectivity index (χ2v) is 6.86. The molecule has 0 unspecified atom stereocenters. The van der Waals surface area contributed by atoms with Crippen LogP contribution in [0.15, 0.2) is 89.1 Å². The molecule has 3 aromatic rings. The van der Waals surface area contributed by atoms with Crippen molar-refractivity contribution in [3.63, 3.8) is 0 Å². The van der Waals surface area contributed by atoms with Crippen LogP contribution in [0.1, 0.15) is 16.7 Å². The molecule has 27 heavy (non-hydrogen) atoms. The molecule has 0 spiro atoms. The maximum absolute atomic E-state index is 9.60. The van der Waals surface area contributed by atoms with Crippen molar-refractivity contribution >= 4 is 23.1 Å². The molecule has 3 aromatic carbocycles. The quantitative estimate of drug-likeness (QED) is 0.380. The summed E-state index contributed by atoms with van der Waals surface area (Å²) in [5, 5.41) is 18.3. The van der Waals surface area contributed by atoms with Gasteiger partial charge in [-0.05, 0) is 22.3 Å². The molecule has 0 atom stereocenters. The fraction of sp³-hybridized carbons (Fsp3) is 0.0909. The standard InChI is InChI=1S/C22H21N3OS/c23-22(27-16-17-8-2-1-3-9-17)25-24-14-18-10-4-6-12-20(18)21-13-7-5-11-19(21)15-26/h1-14,26H,15-16H2,(H2,23,25). The minimum Gasteiger partial charge on any atom is -0.392 e. The first kappa shape index (κ1) is 18.9. The van der Waals surface area contributed by atoms with E-state index in [-0.39, 0.29) is 6.61 Å². The Kier molecular flexibility index (Phi) is 6.79. The predicted molar refractivity (Wildman–Crippen MR) is 115 cm³/mol. The first-order valence-corrected chi connectivity index (χ1v) is 9.58. The van der Waals surface area contributed by atoms with E-state index in [1.54, 1.807) is 6.21 Å². The summed E-state index contributed by atoms with van der Waals surface area (Å²) in [6.07, 6.45) is 1.69. The number of hydrogen-bond acceptors (Lipinski definition) is 4. The van der Waals surface area contributed by atoms with Crippen LogP contribution in [-0.2, 0) is 12.4 Å². The van der Waals surface area contributed by atoms with E-state index in [2.05, 4.69) is 22.3 Å². The Morgan fingerprint density at radius 1 is 0.889 bits per heavy atom. The predicted octanol–water partition coefficient (Wildman–Crippen LogP) is 4.43. The van der Waals surface area contributed by atoms with Gasteiger partial charge in [0.05, 0.1) is 12.8 Å². The number of amidine groups is 1. The lowest BCUT2D eigenvalue weighted by molar-refractivity contribution is 0.282. The average Bonchev–Trinajstić information content (AvgIpc) is 2.73. The van der Waals surface area contributed by atoms with E-state index in [0.29, 0.717) is 5.17 Å². The molecule has 3 N–H and O–H groups in total. The Hall–Kier alpha value is -2.89. The number of nitrogens with zero attached hydrogens (tertiary/aromatic N) is 2. The van der Waals surface area contributed by atoms with Crippen molar-refractivity contribution in [3.8, 4) is 11.1 Å². The van der Waals surface area contributed by atoms with Crippen molar-refractivity contribution in [1.29, 1.82) is 0 Å². The number of aliphatic hydroxyl groups excluding tert-OH is 1. The van der Waals surface area contributed by atoms with Crippen LogP contribution in [0, 0.1) is 0 Å². The van der Waals surface area contributed by atoms with Crippen LogP contribution >= 0.6 is 11.8 Å². The molecule has 5 heteroatoms. The van der Waals surface area contributed by atoms with Crippen LogP contribution < -0.4 is 5.73 Å². The molecule has 0 heterocycles. The second kappa shape index (κ2) is 9.71. The maximum atomic E-state index is 9.60. The molecule has 3 rings (SSSR count). The summed E-state index contributed by atoms with van der Waals surface area (Å²) in [5.41, 5.74) is 10.9. The van der Waals surface area contributed by atoms with Gasteiger partial charge in [-0.15, -0.1) is 5.10 Å². The van der Waals surface area contributed by atoms with Gasteiger partial charge in [-0.25, -0.2) is 0 Å². The summed E-state index contributed by atoms with van der Waals surface area (Å²) in [7, 11) is 0. The molecular formula is C22H21N3OS. The third-order valence-corrected chi connectivity index (χ3v) is 4.88. The topological polar surface area (TPSA) is 71.0 Å². The molecule has 0 aliphatic heterocycles. The first-order valence-electron chi connectivity index (χ1n) is 8.59. The molecule has 0 aliphatic rings. The van der Waals surface area contributed by atoms with Crippen molar-refractivity contribution < 1.29 is 5.11 Å². The molecule has 0 aliphatic carbocycles. The van der Waals surface area contributed by atoms with E-state index in [9.17, 15) is 5.11 Å². The van der Waals surface area contributed by atoms with Crippen molar-refractivity contribution in [2.24, 2.45) is 15.9 Å². The summed E-state index contributed by atoms with van der Waals surface area (Å²) in [6.45, 7) is -0.0110. The van der Waals surface area contributed by atoms with Crippen molar-refractivity contribution in [2.45, 2.75) is 12.4 Å². The number of hydrogen-bond donors (Lipinski definition) is 2. The van der Waals surface area contributed by atoms with Gasteiger partial charge in [-0.3, -0.25) is 0 Å². The zero-order valence-corrected chi connectivity index (χ0v) is 15.6. The summed E-state index contributed by atoms with van der Waals surface area (Å²) >= 11 is 1.45. The number of rotatable bonds is 6. The summed E-state index contributed by atoms with van der Waals surface area (Å²) in [6, 6.07) is 25.8. The number of aliphatic hydroxyl groups is 1. The van der Waals surface area contributed by atoms with E-state index >= 15 is 0 Å². The monoisotopic (exact) mass is 375 g/mol.